The molecule has 0 spiro atoms. The standard InChI is InChI=1S/C27H29NO5/c1-4-20-13-19-14-26(33-12-11-18-9-7-6-8-10-18)25(31-3)15-21(19)23-16-24(29)22(17-28(20)23)27(30)32-5-2/h6-10,14-17,20H,4-5,11-13H2,1-3H3. The van der Waals surface area contributed by atoms with Crippen LogP contribution in [-0.4, -0.2) is 30.9 Å². The summed E-state index contributed by atoms with van der Waals surface area (Å²) < 4.78 is 18.8. The van der Waals surface area contributed by atoms with Crippen LogP contribution in [0, 0.1) is 0 Å². The third kappa shape index (κ3) is 4.65. The number of esters is 1. The number of pyridine rings is 1. The molecule has 33 heavy (non-hydrogen) atoms. The molecular weight excluding hydrogens is 418 g/mol. The molecule has 0 saturated carbocycles. The summed E-state index contributed by atoms with van der Waals surface area (Å²) in [6, 6.07) is 15.8. The van der Waals surface area contributed by atoms with Gasteiger partial charge in [0.2, 0.25) is 0 Å². The minimum atomic E-state index is -0.585. The lowest BCUT2D eigenvalue weighted by atomic mass is 9.90. The van der Waals surface area contributed by atoms with E-state index in [0.717, 1.165) is 36.1 Å². The van der Waals surface area contributed by atoms with Crippen molar-refractivity contribution in [3.05, 3.63) is 81.6 Å². The monoisotopic (exact) mass is 447 g/mol. The van der Waals surface area contributed by atoms with Crippen LogP contribution in [0.3, 0.4) is 0 Å². The van der Waals surface area contributed by atoms with Gasteiger partial charge in [-0.3, -0.25) is 4.79 Å². The Morgan fingerprint density at radius 3 is 2.58 bits per heavy atom. The largest absolute Gasteiger partial charge is 0.493 e. The van der Waals surface area contributed by atoms with Crippen LogP contribution in [0.5, 0.6) is 11.5 Å². The van der Waals surface area contributed by atoms with Crippen LogP contribution in [-0.2, 0) is 17.6 Å². The van der Waals surface area contributed by atoms with E-state index in [4.69, 9.17) is 14.2 Å². The SMILES string of the molecule is CCOC(=O)c1cn2c(cc1=O)-c1cc(OC)c(OCCc3ccccc3)cc1CC2CC. The van der Waals surface area contributed by atoms with Crippen LogP contribution in [0.4, 0.5) is 0 Å². The average molecular weight is 448 g/mol. The second-order valence-corrected chi connectivity index (χ2v) is 8.07. The topological polar surface area (TPSA) is 66.8 Å². The number of nitrogens with zero attached hydrogens (tertiary/aromatic N) is 1. The maximum Gasteiger partial charge on any atom is 0.343 e. The minimum Gasteiger partial charge on any atom is -0.493 e. The lowest BCUT2D eigenvalue weighted by molar-refractivity contribution is 0.0523. The Balaban J connectivity index is 1.68. The van der Waals surface area contributed by atoms with Crippen molar-refractivity contribution in [2.24, 2.45) is 0 Å². The third-order valence-corrected chi connectivity index (χ3v) is 6.05. The summed E-state index contributed by atoms with van der Waals surface area (Å²) in [5, 5.41) is 0. The van der Waals surface area contributed by atoms with Gasteiger partial charge in [0, 0.05) is 30.3 Å². The van der Waals surface area contributed by atoms with Gasteiger partial charge in [0.1, 0.15) is 5.56 Å². The number of carbonyl (C=O) groups is 1. The molecule has 172 valence electrons. The van der Waals surface area contributed by atoms with Crippen LogP contribution in [0.15, 0.2) is 59.5 Å². The maximum absolute atomic E-state index is 12.7. The number of hydrogen-bond acceptors (Lipinski definition) is 5. The van der Waals surface area contributed by atoms with Gasteiger partial charge in [-0.15, -0.1) is 0 Å². The Kier molecular flexibility index (Phi) is 6.82. The molecule has 1 aliphatic rings. The van der Waals surface area contributed by atoms with Crippen molar-refractivity contribution in [2.45, 2.75) is 39.2 Å². The quantitative estimate of drug-likeness (QED) is 0.463. The van der Waals surface area contributed by atoms with E-state index in [1.807, 2.05) is 34.9 Å². The molecule has 6 heteroatoms. The number of methoxy groups -OCH3 is 1. The highest BCUT2D eigenvalue weighted by molar-refractivity contribution is 5.89. The highest BCUT2D eigenvalue weighted by atomic mass is 16.5. The zero-order valence-corrected chi connectivity index (χ0v) is 19.3. The highest BCUT2D eigenvalue weighted by Crippen LogP contribution is 2.41. The maximum atomic E-state index is 12.7. The van der Waals surface area contributed by atoms with Gasteiger partial charge in [-0.1, -0.05) is 37.3 Å². The molecule has 2 heterocycles. The van der Waals surface area contributed by atoms with Gasteiger partial charge in [-0.05, 0) is 43.0 Å². The van der Waals surface area contributed by atoms with Gasteiger partial charge < -0.3 is 18.8 Å². The second kappa shape index (κ2) is 9.94. The van der Waals surface area contributed by atoms with Crippen molar-refractivity contribution in [3.8, 4) is 22.8 Å². The zero-order valence-electron chi connectivity index (χ0n) is 19.3. The minimum absolute atomic E-state index is 0.0651. The summed E-state index contributed by atoms with van der Waals surface area (Å²) in [4.78, 5) is 25.0. The molecule has 1 atom stereocenters. The number of hydrogen-bond donors (Lipinski definition) is 0. The Hall–Kier alpha value is -3.54. The fraction of sp³-hybridized carbons (Fsp3) is 0.333. The van der Waals surface area contributed by atoms with E-state index in [1.165, 1.54) is 11.6 Å². The Morgan fingerprint density at radius 1 is 1.09 bits per heavy atom. The van der Waals surface area contributed by atoms with Gasteiger partial charge in [0.05, 0.1) is 26.0 Å². The Morgan fingerprint density at radius 2 is 1.88 bits per heavy atom. The molecule has 0 aliphatic carbocycles. The van der Waals surface area contributed by atoms with Gasteiger partial charge in [-0.25, -0.2) is 4.79 Å². The third-order valence-electron chi connectivity index (χ3n) is 6.05. The molecule has 2 aromatic carbocycles. The molecule has 3 aromatic rings. The summed E-state index contributed by atoms with van der Waals surface area (Å²) in [6.07, 6.45) is 4.06. The summed E-state index contributed by atoms with van der Waals surface area (Å²) in [5.41, 5.74) is 3.72. The molecule has 4 rings (SSSR count). The number of ether oxygens (including phenoxy) is 3. The molecule has 1 unspecified atom stereocenters. The molecular formula is C27H29NO5. The first-order valence-corrected chi connectivity index (χ1v) is 11.4. The molecule has 0 amide bonds. The molecule has 0 saturated heterocycles. The zero-order chi connectivity index (χ0) is 23.4. The Bertz CT molecular complexity index is 1200. The van der Waals surface area contributed by atoms with Crippen molar-refractivity contribution in [2.75, 3.05) is 20.3 Å². The molecule has 1 aliphatic heterocycles. The summed E-state index contributed by atoms with van der Waals surface area (Å²) in [6.45, 7) is 4.59. The van der Waals surface area contributed by atoms with Crippen molar-refractivity contribution in [1.29, 1.82) is 0 Å². The van der Waals surface area contributed by atoms with Gasteiger partial charge in [0.15, 0.2) is 16.9 Å². The lowest BCUT2D eigenvalue weighted by Crippen LogP contribution is -2.26. The lowest BCUT2D eigenvalue weighted by Gasteiger charge is -2.31. The van der Waals surface area contributed by atoms with E-state index in [9.17, 15) is 9.59 Å². The predicted octanol–water partition coefficient (Wildman–Crippen LogP) is 4.83. The van der Waals surface area contributed by atoms with E-state index in [0.29, 0.717) is 18.1 Å². The number of fused-ring (bicyclic) bond motifs is 3. The summed E-state index contributed by atoms with van der Waals surface area (Å²) in [7, 11) is 1.61. The molecule has 0 bridgehead atoms. The van der Waals surface area contributed by atoms with Crippen LogP contribution in [0.1, 0.15) is 47.8 Å². The molecule has 0 radical (unpaired) electrons. The van der Waals surface area contributed by atoms with E-state index in [-0.39, 0.29) is 23.6 Å². The van der Waals surface area contributed by atoms with E-state index < -0.39 is 5.97 Å². The normalized spacial score (nSPS) is 14.2. The first-order chi connectivity index (χ1) is 16.0. The number of carbonyl (C=O) groups excluding carboxylic acids is 1. The molecule has 0 N–H and O–H groups in total. The molecule has 6 nitrogen and oxygen atoms in total. The van der Waals surface area contributed by atoms with Gasteiger partial charge in [-0.2, -0.15) is 0 Å². The van der Waals surface area contributed by atoms with E-state index in [1.54, 1.807) is 20.2 Å². The number of benzene rings is 2. The number of aromatic nitrogens is 1. The van der Waals surface area contributed by atoms with Crippen molar-refractivity contribution < 1.29 is 19.0 Å². The molecule has 1 aromatic heterocycles. The first-order valence-electron chi connectivity index (χ1n) is 11.4. The van der Waals surface area contributed by atoms with Crippen LogP contribution in [0.2, 0.25) is 0 Å². The smallest absolute Gasteiger partial charge is 0.343 e. The van der Waals surface area contributed by atoms with Crippen LogP contribution < -0.4 is 14.9 Å². The average Bonchev–Trinajstić information content (AvgIpc) is 2.83. The second-order valence-electron chi connectivity index (χ2n) is 8.07. The van der Waals surface area contributed by atoms with Crippen molar-refractivity contribution >= 4 is 5.97 Å². The fourth-order valence-electron chi connectivity index (χ4n) is 4.33. The van der Waals surface area contributed by atoms with Crippen molar-refractivity contribution in [1.82, 2.24) is 4.57 Å². The fourth-order valence-corrected chi connectivity index (χ4v) is 4.33. The summed E-state index contributed by atoms with van der Waals surface area (Å²) >= 11 is 0. The predicted molar refractivity (Wildman–Crippen MR) is 127 cm³/mol. The number of rotatable bonds is 8. The van der Waals surface area contributed by atoms with Gasteiger partial charge in [0.25, 0.3) is 0 Å². The van der Waals surface area contributed by atoms with Crippen LogP contribution in [0.25, 0.3) is 11.3 Å². The van der Waals surface area contributed by atoms with Crippen LogP contribution >= 0.6 is 0 Å². The highest BCUT2D eigenvalue weighted by Gasteiger charge is 2.27. The first kappa shape index (κ1) is 22.6. The van der Waals surface area contributed by atoms with Gasteiger partial charge >= 0.3 is 5.97 Å². The van der Waals surface area contributed by atoms with E-state index >= 15 is 0 Å². The van der Waals surface area contributed by atoms with Crippen molar-refractivity contribution in [3.63, 3.8) is 0 Å². The molecule has 0 fully saturated rings. The van der Waals surface area contributed by atoms with E-state index in [2.05, 4.69) is 19.1 Å². The Labute approximate surface area is 193 Å². The summed E-state index contributed by atoms with van der Waals surface area (Å²) in [5.74, 6) is 0.726.